The molecule has 0 N–H and O–H groups in total. The second-order valence-corrected chi connectivity index (χ2v) is 14.4. The number of unbranched alkanes of at least 4 members (excludes halogenated alkanes) is 3. The van der Waals surface area contributed by atoms with Crippen LogP contribution in [0.1, 0.15) is 98.8 Å². The molecule has 4 heteroatoms. The highest BCUT2D eigenvalue weighted by Gasteiger charge is 2.43. The highest BCUT2D eigenvalue weighted by Crippen LogP contribution is 2.44. The summed E-state index contributed by atoms with van der Waals surface area (Å²) in [5, 5.41) is 0.241. The summed E-state index contributed by atoms with van der Waals surface area (Å²) in [6, 6.07) is 0. The first-order chi connectivity index (χ1) is 12.6. The Morgan fingerprint density at radius 2 is 1.85 bits per heavy atom. The first-order valence-corrected chi connectivity index (χ1v) is 14.3. The molecule has 27 heavy (non-hydrogen) atoms. The highest BCUT2D eigenvalue weighted by molar-refractivity contribution is 6.74. The number of Topliss-reactive ketones (excluding diaryl/α,β-unsaturated/α-hetero) is 1. The van der Waals surface area contributed by atoms with E-state index in [9.17, 15) is 4.79 Å². The van der Waals surface area contributed by atoms with Gasteiger partial charge in [-0.15, -0.1) is 0 Å². The second kappa shape index (κ2) is 11.7. The molecule has 0 saturated carbocycles. The van der Waals surface area contributed by atoms with E-state index in [0.717, 1.165) is 38.7 Å². The van der Waals surface area contributed by atoms with Gasteiger partial charge in [-0.1, -0.05) is 60.3 Å². The molecule has 1 aliphatic rings. The van der Waals surface area contributed by atoms with Gasteiger partial charge in [0.1, 0.15) is 6.10 Å². The smallest absolute Gasteiger partial charge is 0.192 e. The van der Waals surface area contributed by atoms with Gasteiger partial charge < -0.3 is 9.16 Å². The van der Waals surface area contributed by atoms with E-state index in [2.05, 4.69) is 47.7 Å². The standard InChI is InChI=1S/C23H46O3Si/c1-8-9-10-11-14-20-15-12-16-21(24)22(26-20)17-13-18-25-27(6,7)23(4,5)19(2)3/h19-20,22H,8-18H2,1-7H3/t20-,22+/m0/s1. The van der Waals surface area contributed by atoms with Crippen molar-refractivity contribution in [1.82, 2.24) is 0 Å². The van der Waals surface area contributed by atoms with E-state index in [1.807, 2.05) is 0 Å². The monoisotopic (exact) mass is 398 g/mol. The van der Waals surface area contributed by atoms with Gasteiger partial charge in [-0.05, 0) is 56.2 Å². The van der Waals surface area contributed by atoms with E-state index in [4.69, 9.17) is 9.16 Å². The van der Waals surface area contributed by atoms with E-state index in [-0.39, 0.29) is 17.2 Å². The normalized spacial score (nSPS) is 22.3. The van der Waals surface area contributed by atoms with E-state index in [1.54, 1.807) is 0 Å². The third kappa shape index (κ3) is 7.98. The van der Waals surface area contributed by atoms with Crippen LogP contribution in [-0.4, -0.2) is 32.9 Å². The van der Waals surface area contributed by atoms with Crippen molar-refractivity contribution >= 4 is 14.1 Å². The second-order valence-electron chi connectivity index (χ2n) is 9.83. The van der Waals surface area contributed by atoms with Crippen LogP contribution in [0.5, 0.6) is 0 Å². The van der Waals surface area contributed by atoms with Crippen molar-refractivity contribution in [3.8, 4) is 0 Å². The molecule has 0 aromatic carbocycles. The van der Waals surface area contributed by atoms with Crippen molar-refractivity contribution < 1.29 is 14.0 Å². The van der Waals surface area contributed by atoms with Gasteiger partial charge in [0.05, 0.1) is 6.10 Å². The molecule has 1 aliphatic heterocycles. The molecule has 2 atom stereocenters. The topological polar surface area (TPSA) is 35.5 Å². The van der Waals surface area contributed by atoms with Crippen LogP contribution in [-0.2, 0) is 14.0 Å². The third-order valence-electron chi connectivity index (χ3n) is 7.11. The maximum atomic E-state index is 12.4. The van der Waals surface area contributed by atoms with E-state index >= 15 is 0 Å². The Labute approximate surface area is 170 Å². The predicted octanol–water partition coefficient (Wildman–Crippen LogP) is 6.90. The zero-order valence-corrected chi connectivity index (χ0v) is 20.2. The first-order valence-electron chi connectivity index (χ1n) is 11.4. The lowest BCUT2D eigenvalue weighted by molar-refractivity contribution is -0.132. The molecule has 0 radical (unpaired) electrons. The SMILES string of the molecule is CCCCCC[C@H]1CCCC(=O)[C@@H](CCCO[Si](C)(C)C(C)(C)C(C)C)O1. The minimum Gasteiger partial charge on any atom is -0.417 e. The average Bonchev–Trinajstić information content (AvgIpc) is 2.77. The number of hydrogen-bond donors (Lipinski definition) is 0. The van der Waals surface area contributed by atoms with Gasteiger partial charge in [-0.2, -0.15) is 0 Å². The minimum atomic E-state index is -1.77. The summed E-state index contributed by atoms with van der Waals surface area (Å²) in [7, 11) is -1.77. The van der Waals surface area contributed by atoms with Crippen molar-refractivity contribution in [2.24, 2.45) is 5.92 Å². The molecule has 0 spiro atoms. The molecule has 1 rings (SSSR count). The highest BCUT2D eigenvalue weighted by atomic mass is 28.4. The molecule has 0 aromatic heterocycles. The minimum absolute atomic E-state index is 0.199. The molecule has 0 aliphatic carbocycles. The summed E-state index contributed by atoms with van der Waals surface area (Å²) in [6.07, 6.45) is 10.8. The van der Waals surface area contributed by atoms with Crippen molar-refractivity contribution in [2.75, 3.05) is 6.61 Å². The van der Waals surface area contributed by atoms with Crippen LogP contribution < -0.4 is 0 Å². The fraction of sp³-hybridized carbons (Fsp3) is 0.957. The van der Waals surface area contributed by atoms with Crippen molar-refractivity contribution in [2.45, 2.75) is 129 Å². The Morgan fingerprint density at radius 3 is 2.48 bits per heavy atom. The summed E-state index contributed by atoms with van der Waals surface area (Å²) < 4.78 is 12.7. The Balaban J connectivity index is 2.43. The lowest BCUT2D eigenvalue weighted by atomic mass is 9.99. The number of ether oxygens (including phenoxy) is 1. The van der Waals surface area contributed by atoms with Gasteiger partial charge in [0.15, 0.2) is 14.1 Å². The largest absolute Gasteiger partial charge is 0.417 e. The summed E-state index contributed by atoms with van der Waals surface area (Å²) >= 11 is 0. The van der Waals surface area contributed by atoms with Crippen LogP contribution in [0.3, 0.4) is 0 Å². The zero-order chi connectivity index (χ0) is 20.5. The van der Waals surface area contributed by atoms with Crippen molar-refractivity contribution in [3.05, 3.63) is 0 Å². The lowest BCUT2D eigenvalue weighted by Crippen LogP contribution is -2.45. The molecule has 0 bridgehead atoms. The Kier molecular flexibility index (Phi) is 10.8. The summed E-state index contributed by atoms with van der Waals surface area (Å²) in [5.74, 6) is 0.921. The number of ketones is 1. The van der Waals surface area contributed by atoms with Crippen LogP contribution in [0.15, 0.2) is 0 Å². The Bertz CT molecular complexity index is 431. The number of carbonyl (C=O) groups is 1. The fourth-order valence-corrected chi connectivity index (χ4v) is 6.18. The molecule has 0 amide bonds. The molecular formula is C23H46O3Si. The van der Waals surface area contributed by atoms with Gasteiger partial charge >= 0.3 is 0 Å². The Hall–Kier alpha value is -0.193. The van der Waals surface area contributed by atoms with Gasteiger partial charge in [0.25, 0.3) is 0 Å². The molecule has 1 fully saturated rings. The number of carbonyl (C=O) groups excluding carboxylic acids is 1. The average molecular weight is 399 g/mol. The van der Waals surface area contributed by atoms with Crippen LogP contribution in [0.25, 0.3) is 0 Å². The predicted molar refractivity (Wildman–Crippen MR) is 118 cm³/mol. The quantitative estimate of drug-likeness (QED) is 0.265. The van der Waals surface area contributed by atoms with E-state index in [1.165, 1.54) is 25.7 Å². The summed E-state index contributed by atoms with van der Waals surface area (Å²) in [5.41, 5.74) is 0. The Morgan fingerprint density at radius 1 is 1.15 bits per heavy atom. The maximum absolute atomic E-state index is 12.4. The third-order valence-corrected chi connectivity index (χ3v) is 11.7. The maximum Gasteiger partial charge on any atom is 0.192 e. The molecule has 0 unspecified atom stereocenters. The molecule has 1 heterocycles. The fourth-order valence-electron chi connectivity index (χ4n) is 3.76. The summed E-state index contributed by atoms with van der Waals surface area (Å²) in [6.45, 7) is 16.9. The van der Waals surface area contributed by atoms with Gasteiger partial charge in [-0.3, -0.25) is 4.79 Å². The van der Waals surface area contributed by atoms with Crippen LogP contribution >= 0.6 is 0 Å². The molecule has 1 saturated heterocycles. The molecule has 0 aromatic rings. The molecule has 3 nitrogen and oxygen atoms in total. The van der Waals surface area contributed by atoms with Crippen molar-refractivity contribution in [3.63, 3.8) is 0 Å². The van der Waals surface area contributed by atoms with Crippen LogP contribution in [0.4, 0.5) is 0 Å². The van der Waals surface area contributed by atoms with E-state index < -0.39 is 8.32 Å². The number of hydrogen-bond acceptors (Lipinski definition) is 3. The van der Waals surface area contributed by atoms with Gasteiger partial charge in [-0.25, -0.2) is 0 Å². The van der Waals surface area contributed by atoms with Crippen molar-refractivity contribution in [1.29, 1.82) is 0 Å². The molecular weight excluding hydrogens is 352 g/mol. The van der Waals surface area contributed by atoms with Crippen LogP contribution in [0.2, 0.25) is 18.1 Å². The van der Waals surface area contributed by atoms with Gasteiger partial charge in [0, 0.05) is 13.0 Å². The lowest BCUT2D eigenvalue weighted by Gasteiger charge is -2.42. The molecule has 160 valence electrons. The van der Waals surface area contributed by atoms with Gasteiger partial charge in [0.2, 0.25) is 0 Å². The van der Waals surface area contributed by atoms with E-state index in [0.29, 0.717) is 18.1 Å². The first kappa shape index (κ1) is 24.8. The van der Waals surface area contributed by atoms with Crippen LogP contribution in [0, 0.1) is 5.92 Å². The zero-order valence-electron chi connectivity index (χ0n) is 19.2. The summed E-state index contributed by atoms with van der Waals surface area (Å²) in [4.78, 5) is 12.4. The number of rotatable bonds is 12.